The van der Waals surface area contributed by atoms with Crippen LogP contribution in [0.15, 0.2) is 0 Å². The van der Waals surface area contributed by atoms with Crippen molar-refractivity contribution in [2.75, 3.05) is 19.8 Å². The summed E-state index contributed by atoms with van der Waals surface area (Å²) in [5.41, 5.74) is -0.113. The van der Waals surface area contributed by atoms with Crippen molar-refractivity contribution in [3.63, 3.8) is 0 Å². The minimum absolute atomic E-state index is 0.113. The third kappa shape index (κ3) is 2.09. The molecule has 1 heterocycles. The van der Waals surface area contributed by atoms with Crippen molar-refractivity contribution in [1.29, 1.82) is 0 Å². The fourth-order valence-corrected chi connectivity index (χ4v) is 2.27. The van der Waals surface area contributed by atoms with Crippen LogP contribution in [0.3, 0.4) is 0 Å². The molecule has 0 radical (unpaired) electrons. The van der Waals surface area contributed by atoms with Crippen molar-refractivity contribution in [2.45, 2.75) is 50.7 Å². The number of nitrogens with one attached hydrogen (secondary N) is 1. The molecule has 0 amide bonds. The number of halogens is 1. The molecule has 0 aromatic carbocycles. The quantitative estimate of drug-likeness (QED) is 0.741. The molecule has 0 aromatic heterocycles. The van der Waals surface area contributed by atoms with E-state index in [1.54, 1.807) is 0 Å². The summed E-state index contributed by atoms with van der Waals surface area (Å²) in [6.45, 7) is 6.52. The number of nitrogens with zero attached hydrogens (tertiary/aromatic N) is 1. The summed E-state index contributed by atoms with van der Waals surface area (Å²) in [6, 6.07) is 1.15. The van der Waals surface area contributed by atoms with Gasteiger partial charge in [-0.25, -0.2) is 4.39 Å². The van der Waals surface area contributed by atoms with Crippen molar-refractivity contribution < 1.29 is 4.39 Å². The van der Waals surface area contributed by atoms with Crippen molar-refractivity contribution in [3.8, 4) is 0 Å². The van der Waals surface area contributed by atoms with Crippen LogP contribution in [0.5, 0.6) is 0 Å². The van der Waals surface area contributed by atoms with E-state index in [0.29, 0.717) is 12.1 Å². The lowest BCUT2D eigenvalue weighted by atomic mass is 10.2. The van der Waals surface area contributed by atoms with Crippen LogP contribution in [-0.2, 0) is 0 Å². The molecule has 0 spiro atoms. The number of likely N-dealkylation sites (tertiary alicyclic amines) is 1. The van der Waals surface area contributed by atoms with Crippen LogP contribution in [0.4, 0.5) is 4.39 Å². The Morgan fingerprint density at radius 3 is 2.64 bits per heavy atom. The highest BCUT2D eigenvalue weighted by Gasteiger charge is 2.45. The van der Waals surface area contributed by atoms with Gasteiger partial charge in [0.1, 0.15) is 6.67 Å². The van der Waals surface area contributed by atoms with Gasteiger partial charge in [0, 0.05) is 24.2 Å². The Labute approximate surface area is 85.9 Å². The molecule has 2 rings (SSSR count). The monoisotopic (exact) mass is 200 g/mol. The SMILES string of the molecule is CC(C)N1CC[C@H](NC2(CF)CC2)C1. The Morgan fingerprint density at radius 2 is 2.21 bits per heavy atom. The Bertz CT molecular complexity index is 201. The van der Waals surface area contributed by atoms with Crippen LogP contribution in [0.2, 0.25) is 0 Å². The van der Waals surface area contributed by atoms with E-state index in [2.05, 4.69) is 24.1 Å². The molecular formula is C11H21FN2. The van der Waals surface area contributed by atoms with Crippen LogP contribution in [0.1, 0.15) is 33.1 Å². The number of hydrogen-bond acceptors (Lipinski definition) is 2. The highest BCUT2D eigenvalue weighted by molar-refractivity contribution is 5.04. The number of alkyl halides is 1. The minimum Gasteiger partial charge on any atom is -0.305 e. The van der Waals surface area contributed by atoms with Gasteiger partial charge in [-0.05, 0) is 39.7 Å². The molecule has 1 aliphatic heterocycles. The average Bonchev–Trinajstić information content (AvgIpc) is 2.75. The van der Waals surface area contributed by atoms with Gasteiger partial charge in [0.25, 0.3) is 0 Å². The first-order valence-corrected chi connectivity index (χ1v) is 5.73. The maximum Gasteiger partial charge on any atom is 0.108 e. The second-order valence-corrected chi connectivity index (χ2v) is 5.13. The Morgan fingerprint density at radius 1 is 1.50 bits per heavy atom. The molecule has 2 nitrogen and oxygen atoms in total. The van der Waals surface area contributed by atoms with Crippen LogP contribution in [0.25, 0.3) is 0 Å². The van der Waals surface area contributed by atoms with E-state index in [9.17, 15) is 4.39 Å². The lowest BCUT2D eigenvalue weighted by Crippen LogP contribution is -2.43. The molecule has 1 saturated heterocycles. The summed E-state index contributed by atoms with van der Waals surface area (Å²) in [4.78, 5) is 2.46. The van der Waals surface area contributed by atoms with Gasteiger partial charge in [-0.1, -0.05) is 0 Å². The van der Waals surface area contributed by atoms with E-state index < -0.39 is 0 Å². The van der Waals surface area contributed by atoms with E-state index in [-0.39, 0.29) is 12.2 Å². The second kappa shape index (κ2) is 3.78. The predicted octanol–water partition coefficient (Wildman–Crippen LogP) is 1.56. The van der Waals surface area contributed by atoms with E-state index in [4.69, 9.17) is 0 Å². The first kappa shape index (κ1) is 10.4. The fourth-order valence-electron chi connectivity index (χ4n) is 2.27. The smallest absolute Gasteiger partial charge is 0.108 e. The van der Waals surface area contributed by atoms with E-state index in [1.807, 2.05) is 0 Å². The third-order valence-corrected chi connectivity index (χ3v) is 3.57. The summed E-state index contributed by atoms with van der Waals surface area (Å²) in [6.07, 6.45) is 3.24. The van der Waals surface area contributed by atoms with Crippen LogP contribution in [0, 0.1) is 0 Å². The molecule has 1 N–H and O–H groups in total. The Kier molecular flexibility index (Phi) is 2.80. The normalized spacial score (nSPS) is 31.3. The minimum atomic E-state index is -0.189. The molecule has 3 heteroatoms. The number of hydrogen-bond donors (Lipinski definition) is 1. The topological polar surface area (TPSA) is 15.3 Å². The van der Waals surface area contributed by atoms with Gasteiger partial charge in [-0.2, -0.15) is 0 Å². The van der Waals surface area contributed by atoms with Crippen LogP contribution >= 0.6 is 0 Å². The van der Waals surface area contributed by atoms with Gasteiger partial charge in [0.05, 0.1) is 0 Å². The molecule has 1 aliphatic carbocycles. The first-order valence-electron chi connectivity index (χ1n) is 5.73. The molecule has 0 unspecified atom stereocenters. The molecule has 0 aromatic rings. The summed E-state index contributed by atoms with van der Waals surface area (Å²) >= 11 is 0. The summed E-state index contributed by atoms with van der Waals surface area (Å²) < 4.78 is 12.7. The lowest BCUT2D eigenvalue weighted by molar-refractivity contribution is 0.258. The summed E-state index contributed by atoms with van der Waals surface area (Å²) in [5, 5.41) is 3.48. The lowest BCUT2D eigenvalue weighted by Gasteiger charge is -2.22. The maximum absolute atomic E-state index is 12.7. The highest BCUT2D eigenvalue weighted by Crippen LogP contribution is 2.36. The Hall–Kier alpha value is -0.150. The van der Waals surface area contributed by atoms with E-state index >= 15 is 0 Å². The molecule has 1 saturated carbocycles. The van der Waals surface area contributed by atoms with Gasteiger partial charge in [-0.15, -0.1) is 0 Å². The summed E-state index contributed by atoms with van der Waals surface area (Å²) in [5.74, 6) is 0. The maximum atomic E-state index is 12.7. The molecule has 82 valence electrons. The molecule has 14 heavy (non-hydrogen) atoms. The number of rotatable bonds is 4. The molecule has 1 atom stereocenters. The van der Waals surface area contributed by atoms with Crippen molar-refractivity contribution in [3.05, 3.63) is 0 Å². The highest BCUT2D eigenvalue weighted by atomic mass is 19.1. The predicted molar refractivity (Wildman–Crippen MR) is 56.2 cm³/mol. The van der Waals surface area contributed by atoms with Gasteiger partial charge in [-0.3, -0.25) is 4.90 Å². The Balaban J connectivity index is 1.79. The van der Waals surface area contributed by atoms with Gasteiger partial charge in [0.2, 0.25) is 0 Å². The second-order valence-electron chi connectivity index (χ2n) is 5.13. The van der Waals surface area contributed by atoms with Crippen molar-refractivity contribution in [1.82, 2.24) is 10.2 Å². The van der Waals surface area contributed by atoms with Gasteiger partial charge in [0.15, 0.2) is 0 Å². The zero-order valence-corrected chi connectivity index (χ0v) is 9.22. The zero-order chi connectivity index (χ0) is 10.2. The average molecular weight is 200 g/mol. The molecule has 2 aliphatic rings. The van der Waals surface area contributed by atoms with Gasteiger partial charge >= 0.3 is 0 Å². The van der Waals surface area contributed by atoms with Crippen LogP contribution in [-0.4, -0.2) is 42.3 Å². The first-order chi connectivity index (χ1) is 6.65. The largest absolute Gasteiger partial charge is 0.305 e. The van der Waals surface area contributed by atoms with Crippen LogP contribution < -0.4 is 5.32 Å². The summed E-state index contributed by atoms with van der Waals surface area (Å²) in [7, 11) is 0. The van der Waals surface area contributed by atoms with Gasteiger partial charge < -0.3 is 5.32 Å². The fraction of sp³-hybridized carbons (Fsp3) is 1.00. The zero-order valence-electron chi connectivity index (χ0n) is 9.22. The van der Waals surface area contributed by atoms with E-state index in [1.165, 1.54) is 6.42 Å². The van der Waals surface area contributed by atoms with Crippen molar-refractivity contribution >= 4 is 0 Å². The molecular weight excluding hydrogens is 179 g/mol. The van der Waals surface area contributed by atoms with Crippen molar-refractivity contribution in [2.24, 2.45) is 0 Å². The third-order valence-electron chi connectivity index (χ3n) is 3.57. The molecule has 2 fully saturated rings. The molecule has 0 bridgehead atoms. The van der Waals surface area contributed by atoms with E-state index in [0.717, 1.165) is 25.9 Å². The standard InChI is InChI=1S/C11H21FN2/c1-9(2)14-6-3-10(7-14)13-11(8-12)4-5-11/h9-10,13H,3-8H2,1-2H3/t10-/m0/s1.